The minimum absolute atomic E-state index is 0.0146. The zero-order valence-electron chi connectivity index (χ0n) is 12.7. The van der Waals surface area contributed by atoms with E-state index in [0.29, 0.717) is 41.6 Å². The van der Waals surface area contributed by atoms with Crippen molar-refractivity contribution in [1.82, 2.24) is 0 Å². The van der Waals surface area contributed by atoms with Crippen molar-refractivity contribution in [2.75, 3.05) is 5.32 Å². The second kappa shape index (κ2) is 5.00. The molecule has 1 aliphatic heterocycles. The monoisotopic (exact) mass is 320 g/mol. The van der Waals surface area contributed by atoms with Crippen molar-refractivity contribution in [1.29, 1.82) is 5.26 Å². The summed E-state index contributed by atoms with van der Waals surface area (Å²) in [5, 5.41) is 11.6. The molecule has 4 rings (SSSR count). The normalized spacial score (nSPS) is 21.7. The first-order chi connectivity index (χ1) is 11.6. The van der Waals surface area contributed by atoms with Crippen molar-refractivity contribution >= 4 is 17.4 Å². The summed E-state index contributed by atoms with van der Waals surface area (Å²) < 4.78 is 13.9. The number of rotatable bonds is 1. The molecule has 1 N–H and O–H groups in total. The molecule has 1 aliphatic carbocycles. The minimum atomic E-state index is -1.09. The van der Waals surface area contributed by atoms with E-state index in [4.69, 9.17) is 5.26 Å². The molecule has 0 saturated heterocycles. The van der Waals surface area contributed by atoms with Crippen LogP contribution >= 0.6 is 0 Å². The predicted molar refractivity (Wildman–Crippen MR) is 85.7 cm³/mol. The zero-order chi connectivity index (χ0) is 16.9. The van der Waals surface area contributed by atoms with E-state index in [-0.39, 0.29) is 17.3 Å². The lowest BCUT2D eigenvalue weighted by Crippen LogP contribution is -2.38. The number of benzene rings is 2. The van der Waals surface area contributed by atoms with Gasteiger partial charge in [0.05, 0.1) is 5.56 Å². The first kappa shape index (κ1) is 14.6. The first-order valence-corrected chi connectivity index (χ1v) is 7.75. The van der Waals surface area contributed by atoms with Crippen LogP contribution in [0.4, 0.5) is 10.1 Å². The fraction of sp³-hybridized carbons (Fsp3) is 0.211. The molecule has 0 bridgehead atoms. The third-order valence-electron chi connectivity index (χ3n) is 4.97. The van der Waals surface area contributed by atoms with Gasteiger partial charge < -0.3 is 5.32 Å². The van der Waals surface area contributed by atoms with Gasteiger partial charge in [0.15, 0.2) is 5.78 Å². The summed E-state index contributed by atoms with van der Waals surface area (Å²) in [5.41, 5.74) is 1.54. The molecule has 2 aromatic carbocycles. The maximum absolute atomic E-state index is 13.9. The number of nitriles is 1. The number of carbonyl (C=O) groups is 2. The topological polar surface area (TPSA) is 70.0 Å². The second-order valence-corrected chi connectivity index (χ2v) is 6.20. The van der Waals surface area contributed by atoms with Gasteiger partial charge in [-0.2, -0.15) is 5.26 Å². The summed E-state index contributed by atoms with van der Waals surface area (Å²) in [7, 11) is 0. The van der Waals surface area contributed by atoms with Gasteiger partial charge in [0.25, 0.3) is 0 Å². The Morgan fingerprint density at radius 1 is 1.12 bits per heavy atom. The second-order valence-electron chi connectivity index (χ2n) is 6.20. The fourth-order valence-corrected chi connectivity index (χ4v) is 3.71. The van der Waals surface area contributed by atoms with E-state index >= 15 is 0 Å². The lowest BCUT2D eigenvalue weighted by atomic mass is 9.78. The highest BCUT2D eigenvalue weighted by Gasteiger charge is 2.54. The Kier molecular flexibility index (Phi) is 3.04. The minimum Gasteiger partial charge on any atom is -0.325 e. The Hall–Kier alpha value is -3.00. The van der Waals surface area contributed by atoms with Gasteiger partial charge in [0, 0.05) is 12.1 Å². The van der Waals surface area contributed by atoms with E-state index < -0.39 is 11.2 Å². The number of hydrogen-bond donors (Lipinski definition) is 1. The standard InChI is InChI=1S/C19H13FN2O2/c20-15-9-12(3-4-13(15)10-21)11-5-6-16-14(8-11)19(18(24)22-16)7-1-2-17(19)23/h3-6,8-9H,1-2,7H2,(H,22,24). The van der Waals surface area contributed by atoms with Gasteiger partial charge in [-0.25, -0.2) is 4.39 Å². The van der Waals surface area contributed by atoms with E-state index in [0.717, 1.165) is 0 Å². The molecule has 0 aromatic heterocycles. The van der Waals surface area contributed by atoms with Crippen LogP contribution in [0, 0.1) is 17.1 Å². The summed E-state index contributed by atoms with van der Waals surface area (Å²) in [4.78, 5) is 24.8. The quantitative estimate of drug-likeness (QED) is 0.820. The maximum Gasteiger partial charge on any atom is 0.242 e. The number of halogens is 1. The molecule has 1 unspecified atom stereocenters. The lowest BCUT2D eigenvalue weighted by Gasteiger charge is -2.19. The van der Waals surface area contributed by atoms with E-state index in [1.54, 1.807) is 30.3 Å². The highest BCUT2D eigenvalue weighted by atomic mass is 19.1. The molecule has 118 valence electrons. The molecule has 1 heterocycles. The third kappa shape index (κ3) is 1.83. The highest BCUT2D eigenvalue weighted by Crippen LogP contribution is 2.47. The number of Topliss-reactive ketones (excluding diaryl/α,β-unsaturated/α-hetero) is 1. The van der Waals surface area contributed by atoms with Crippen LogP contribution in [0.3, 0.4) is 0 Å². The van der Waals surface area contributed by atoms with Crippen LogP contribution in [0.2, 0.25) is 0 Å². The van der Waals surface area contributed by atoms with Gasteiger partial charge in [-0.05, 0) is 53.8 Å². The Morgan fingerprint density at radius 2 is 1.88 bits per heavy atom. The van der Waals surface area contributed by atoms with Gasteiger partial charge in [0.2, 0.25) is 5.91 Å². The summed E-state index contributed by atoms with van der Waals surface area (Å²) in [6, 6.07) is 11.5. The SMILES string of the molecule is N#Cc1ccc(-c2ccc3c(c2)C2(CCCC2=O)C(=O)N3)cc1F. The Labute approximate surface area is 137 Å². The van der Waals surface area contributed by atoms with Crippen LogP contribution < -0.4 is 5.32 Å². The number of fused-ring (bicyclic) bond motifs is 2. The largest absolute Gasteiger partial charge is 0.325 e. The van der Waals surface area contributed by atoms with Crippen LogP contribution in [0.25, 0.3) is 11.1 Å². The van der Waals surface area contributed by atoms with E-state index in [9.17, 15) is 14.0 Å². The molecule has 1 amide bonds. The number of ketones is 1. The summed E-state index contributed by atoms with van der Waals surface area (Å²) >= 11 is 0. The highest BCUT2D eigenvalue weighted by molar-refractivity contribution is 6.22. The van der Waals surface area contributed by atoms with Crippen molar-refractivity contribution < 1.29 is 14.0 Å². The van der Waals surface area contributed by atoms with E-state index in [1.807, 2.05) is 0 Å². The average Bonchev–Trinajstić information content (AvgIpc) is 3.10. The molecule has 1 spiro atoms. The van der Waals surface area contributed by atoms with Crippen molar-refractivity contribution in [2.45, 2.75) is 24.7 Å². The Morgan fingerprint density at radius 3 is 2.54 bits per heavy atom. The third-order valence-corrected chi connectivity index (χ3v) is 4.97. The van der Waals surface area contributed by atoms with Gasteiger partial charge in [-0.1, -0.05) is 12.1 Å². The molecular formula is C19H13FN2O2. The van der Waals surface area contributed by atoms with Crippen LogP contribution in [0.5, 0.6) is 0 Å². The predicted octanol–water partition coefficient (Wildman–Crippen LogP) is 3.31. The number of carbonyl (C=O) groups excluding carboxylic acids is 2. The molecule has 4 nitrogen and oxygen atoms in total. The number of amides is 1. The average molecular weight is 320 g/mol. The Balaban J connectivity index is 1.85. The molecule has 1 saturated carbocycles. The molecule has 24 heavy (non-hydrogen) atoms. The Bertz CT molecular complexity index is 945. The van der Waals surface area contributed by atoms with E-state index in [1.165, 1.54) is 12.1 Å². The maximum atomic E-state index is 13.9. The molecular weight excluding hydrogens is 307 g/mol. The zero-order valence-corrected chi connectivity index (χ0v) is 12.7. The van der Waals surface area contributed by atoms with Crippen LogP contribution in [-0.2, 0) is 15.0 Å². The molecule has 1 atom stereocenters. The van der Waals surface area contributed by atoms with Gasteiger partial charge in [0.1, 0.15) is 17.3 Å². The summed E-state index contributed by atoms with van der Waals surface area (Å²) in [6.07, 6.45) is 1.61. The van der Waals surface area contributed by atoms with Crippen molar-refractivity contribution in [3.8, 4) is 17.2 Å². The fourth-order valence-electron chi connectivity index (χ4n) is 3.71. The number of anilines is 1. The van der Waals surface area contributed by atoms with Gasteiger partial charge >= 0.3 is 0 Å². The van der Waals surface area contributed by atoms with Crippen molar-refractivity contribution in [3.63, 3.8) is 0 Å². The lowest BCUT2D eigenvalue weighted by molar-refractivity contribution is -0.130. The molecule has 2 aliphatic rings. The molecule has 2 aromatic rings. The number of nitrogens with zero attached hydrogens (tertiary/aromatic N) is 1. The van der Waals surface area contributed by atoms with E-state index in [2.05, 4.69) is 5.32 Å². The summed E-state index contributed by atoms with van der Waals surface area (Å²) in [5.74, 6) is -0.901. The smallest absolute Gasteiger partial charge is 0.242 e. The van der Waals surface area contributed by atoms with Crippen LogP contribution in [-0.4, -0.2) is 11.7 Å². The summed E-state index contributed by atoms with van der Waals surface area (Å²) in [6.45, 7) is 0. The number of hydrogen-bond acceptors (Lipinski definition) is 3. The first-order valence-electron chi connectivity index (χ1n) is 7.75. The van der Waals surface area contributed by atoms with Gasteiger partial charge in [-0.15, -0.1) is 0 Å². The molecule has 1 fully saturated rings. The number of nitrogens with one attached hydrogen (secondary N) is 1. The van der Waals surface area contributed by atoms with Crippen molar-refractivity contribution in [3.05, 3.63) is 53.3 Å². The molecule has 0 radical (unpaired) electrons. The van der Waals surface area contributed by atoms with Crippen molar-refractivity contribution in [2.24, 2.45) is 0 Å². The van der Waals surface area contributed by atoms with Crippen LogP contribution in [0.15, 0.2) is 36.4 Å². The molecule has 5 heteroatoms. The van der Waals surface area contributed by atoms with Crippen LogP contribution in [0.1, 0.15) is 30.4 Å². The van der Waals surface area contributed by atoms with Gasteiger partial charge in [-0.3, -0.25) is 9.59 Å².